The van der Waals surface area contributed by atoms with Crippen molar-refractivity contribution in [3.8, 4) is 5.69 Å². The van der Waals surface area contributed by atoms with Crippen molar-refractivity contribution in [2.24, 2.45) is 0 Å². The number of nitrogens with zero attached hydrogens (tertiary/aromatic N) is 4. The Hall–Kier alpha value is -2.12. The number of aromatic nitrogens is 3. The predicted molar refractivity (Wildman–Crippen MR) is 107 cm³/mol. The molecule has 0 bridgehead atoms. The van der Waals surface area contributed by atoms with Gasteiger partial charge >= 0.3 is 0 Å². The molecular weight excluding hydrogens is 364 g/mol. The lowest BCUT2D eigenvalue weighted by molar-refractivity contribution is -0.127. The van der Waals surface area contributed by atoms with Crippen LogP contribution in [0.2, 0.25) is 0 Å². The van der Waals surface area contributed by atoms with E-state index in [9.17, 15) is 4.79 Å². The zero-order valence-electron chi connectivity index (χ0n) is 15.1. The SMILES string of the molecule is CC(C)c1nc(SCC(=O)N(C)Cc2cccs2)nn1-c1ccccc1. The van der Waals surface area contributed by atoms with E-state index in [0.29, 0.717) is 17.5 Å². The van der Waals surface area contributed by atoms with Crippen LogP contribution in [0.25, 0.3) is 5.69 Å². The maximum absolute atomic E-state index is 12.4. The molecule has 0 radical (unpaired) electrons. The van der Waals surface area contributed by atoms with E-state index in [1.165, 1.54) is 16.6 Å². The minimum absolute atomic E-state index is 0.0746. The fourth-order valence-electron chi connectivity index (χ4n) is 2.46. The number of carbonyl (C=O) groups is 1. The first kappa shape index (κ1) is 18.7. The van der Waals surface area contributed by atoms with Crippen LogP contribution >= 0.6 is 23.1 Å². The number of rotatable bonds is 7. The Morgan fingerprint density at radius 2 is 2.00 bits per heavy atom. The van der Waals surface area contributed by atoms with E-state index in [1.54, 1.807) is 16.2 Å². The molecule has 0 fully saturated rings. The molecule has 0 saturated heterocycles. The van der Waals surface area contributed by atoms with E-state index in [-0.39, 0.29) is 11.8 Å². The first-order valence-corrected chi connectivity index (χ1v) is 10.3. The second kappa shape index (κ2) is 8.51. The standard InChI is InChI=1S/C19H22N4OS2/c1-14(2)18-20-19(21-23(18)15-8-5-4-6-9-15)26-13-17(24)22(3)12-16-10-7-11-25-16/h4-11,14H,12-13H2,1-3H3. The van der Waals surface area contributed by atoms with Crippen LogP contribution in [0.4, 0.5) is 0 Å². The van der Waals surface area contributed by atoms with Crippen LogP contribution in [0.1, 0.15) is 30.5 Å². The van der Waals surface area contributed by atoms with Gasteiger partial charge in [0.2, 0.25) is 11.1 Å². The van der Waals surface area contributed by atoms with Gasteiger partial charge in [-0.3, -0.25) is 4.79 Å². The van der Waals surface area contributed by atoms with Crippen molar-refractivity contribution >= 4 is 29.0 Å². The van der Waals surface area contributed by atoms with Gasteiger partial charge < -0.3 is 4.90 Å². The molecule has 2 aromatic heterocycles. The summed E-state index contributed by atoms with van der Waals surface area (Å²) in [5.41, 5.74) is 0.983. The smallest absolute Gasteiger partial charge is 0.233 e. The topological polar surface area (TPSA) is 51.0 Å². The fourth-order valence-corrected chi connectivity index (χ4v) is 3.99. The molecule has 5 nitrogen and oxygen atoms in total. The monoisotopic (exact) mass is 386 g/mol. The molecular formula is C19H22N4OS2. The first-order chi connectivity index (χ1) is 12.5. The Morgan fingerprint density at radius 3 is 2.65 bits per heavy atom. The average molecular weight is 387 g/mol. The quantitative estimate of drug-likeness (QED) is 0.571. The molecule has 0 unspecified atom stereocenters. The molecule has 0 spiro atoms. The molecule has 3 rings (SSSR count). The summed E-state index contributed by atoms with van der Waals surface area (Å²) in [6, 6.07) is 14.0. The molecule has 136 valence electrons. The van der Waals surface area contributed by atoms with Crippen molar-refractivity contribution in [1.29, 1.82) is 0 Å². The van der Waals surface area contributed by atoms with Crippen LogP contribution in [0, 0.1) is 0 Å². The lowest BCUT2D eigenvalue weighted by atomic mass is 10.2. The molecule has 0 aliphatic heterocycles. The lowest BCUT2D eigenvalue weighted by Gasteiger charge is -2.15. The van der Waals surface area contributed by atoms with E-state index in [2.05, 4.69) is 23.9 Å². The molecule has 0 N–H and O–H groups in total. The van der Waals surface area contributed by atoms with Crippen molar-refractivity contribution in [2.75, 3.05) is 12.8 Å². The number of para-hydroxylation sites is 1. The number of thioether (sulfide) groups is 1. The lowest BCUT2D eigenvalue weighted by Crippen LogP contribution is -2.27. The van der Waals surface area contributed by atoms with Crippen molar-refractivity contribution in [3.63, 3.8) is 0 Å². The zero-order chi connectivity index (χ0) is 18.5. The minimum Gasteiger partial charge on any atom is -0.340 e. The number of benzene rings is 1. The molecule has 1 amide bonds. The molecule has 0 saturated carbocycles. The van der Waals surface area contributed by atoms with E-state index in [4.69, 9.17) is 0 Å². The Balaban J connectivity index is 1.67. The van der Waals surface area contributed by atoms with Crippen LogP contribution in [0.3, 0.4) is 0 Å². The van der Waals surface area contributed by atoms with E-state index in [0.717, 1.165) is 11.5 Å². The third-order valence-electron chi connectivity index (χ3n) is 3.85. The predicted octanol–water partition coefficient (Wildman–Crippen LogP) is 4.20. The Labute approximate surface area is 162 Å². The van der Waals surface area contributed by atoms with Crippen molar-refractivity contribution in [2.45, 2.75) is 31.5 Å². The summed E-state index contributed by atoms with van der Waals surface area (Å²) in [7, 11) is 1.83. The van der Waals surface area contributed by atoms with Gasteiger partial charge in [0.1, 0.15) is 5.82 Å². The van der Waals surface area contributed by atoms with Gasteiger partial charge in [0, 0.05) is 17.8 Å². The maximum atomic E-state index is 12.4. The highest BCUT2D eigenvalue weighted by atomic mass is 32.2. The largest absolute Gasteiger partial charge is 0.340 e. The van der Waals surface area contributed by atoms with Crippen molar-refractivity contribution < 1.29 is 4.79 Å². The second-order valence-corrected chi connectivity index (χ2v) is 8.25. The summed E-state index contributed by atoms with van der Waals surface area (Å²) in [5, 5.41) is 7.27. The van der Waals surface area contributed by atoms with Gasteiger partial charge in [-0.15, -0.1) is 16.4 Å². The third kappa shape index (κ3) is 4.53. The van der Waals surface area contributed by atoms with Gasteiger partial charge in [0.05, 0.1) is 18.0 Å². The molecule has 1 aromatic carbocycles. The van der Waals surface area contributed by atoms with Gasteiger partial charge in [-0.1, -0.05) is 49.9 Å². The fraction of sp³-hybridized carbons (Fsp3) is 0.316. The highest BCUT2D eigenvalue weighted by molar-refractivity contribution is 7.99. The highest BCUT2D eigenvalue weighted by Gasteiger charge is 2.17. The Bertz CT molecular complexity index is 844. The molecule has 0 aliphatic rings. The molecule has 0 atom stereocenters. The summed E-state index contributed by atoms with van der Waals surface area (Å²) >= 11 is 3.05. The number of amides is 1. The molecule has 3 aromatic rings. The number of hydrogen-bond acceptors (Lipinski definition) is 5. The molecule has 0 aliphatic carbocycles. The Morgan fingerprint density at radius 1 is 1.23 bits per heavy atom. The number of carbonyl (C=O) groups excluding carboxylic acids is 1. The van der Waals surface area contributed by atoms with Crippen molar-refractivity contribution in [3.05, 3.63) is 58.5 Å². The van der Waals surface area contributed by atoms with Crippen LogP contribution in [-0.4, -0.2) is 38.4 Å². The minimum atomic E-state index is 0.0746. The van der Waals surface area contributed by atoms with Crippen LogP contribution in [0.5, 0.6) is 0 Å². The second-order valence-electron chi connectivity index (χ2n) is 6.27. The summed E-state index contributed by atoms with van der Waals surface area (Å²) in [6.07, 6.45) is 0. The summed E-state index contributed by atoms with van der Waals surface area (Å²) < 4.78 is 1.87. The van der Waals surface area contributed by atoms with Gasteiger partial charge in [-0.25, -0.2) is 9.67 Å². The first-order valence-electron chi connectivity index (χ1n) is 8.46. The van der Waals surface area contributed by atoms with Crippen LogP contribution < -0.4 is 0 Å². The van der Waals surface area contributed by atoms with E-state index in [1.807, 2.05) is 59.6 Å². The number of hydrogen-bond donors (Lipinski definition) is 0. The summed E-state index contributed by atoms with van der Waals surface area (Å²) in [6.45, 7) is 4.83. The third-order valence-corrected chi connectivity index (χ3v) is 5.54. The summed E-state index contributed by atoms with van der Waals surface area (Å²) in [5.74, 6) is 1.55. The average Bonchev–Trinajstić information content (AvgIpc) is 3.30. The molecule has 7 heteroatoms. The van der Waals surface area contributed by atoms with E-state index < -0.39 is 0 Å². The van der Waals surface area contributed by atoms with E-state index >= 15 is 0 Å². The van der Waals surface area contributed by atoms with Crippen LogP contribution in [0.15, 0.2) is 53.0 Å². The van der Waals surface area contributed by atoms with Crippen molar-refractivity contribution in [1.82, 2.24) is 19.7 Å². The summed E-state index contributed by atoms with van der Waals surface area (Å²) in [4.78, 5) is 20.0. The Kier molecular flexibility index (Phi) is 6.11. The van der Waals surface area contributed by atoms with Gasteiger partial charge in [0.15, 0.2) is 0 Å². The number of thiophene rings is 1. The maximum Gasteiger partial charge on any atom is 0.233 e. The molecule has 2 heterocycles. The normalized spacial score (nSPS) is 11.1. The highest BCUT2D eigenvalue weighted by Crippen LogP contribution is 2.22. The van der Waals surface area contributed by atoms with Gasteiger partial charge in [-0.2, -0.15) is 0 Å². The van der Waals surface area contributed by atoms with Gasteiger partial charge in [0.25, 0.3) is 0 Å². The van der Waals surface area contributed by atoms with Gasteiger partial charge in [-0.05, 0) is 23.6 Å². The molecule has 26 heavy (non-hydrogen) atoms. The van der Waals surface area contributed by atoms with Crippen LogP contribution in [-0.2, 0) is 11.3 Å². The zero-order valence-corrected chi connectivity index (χ0v) is 16.8.